The lowest BCUT2D eigenvalue weighted by Gasteiger charge is -2.31. The molecule has 7 nitrogen and oxygen atoms in total. The maximum absolute atomic E-state index is 12.8. The summed E-state index contributed by atoms with van der Waals surface area (Å²) in [5.74, 6) is -0.915. The molecule has 1 fully saturated rings. The summed E-state index contributed by atoms with van der Waals surface area (Å²) in [6, 6.07) is 1.93. The molecule has 0 aromatic carbocycles. The van der Waals surface area contributed by atoms with Gasteiger partial charge in [0.1, 0.15) is 9.71 Å². The molecule has 3 rings (SSSR count). The SMILES string of the molecule is Cc1cc(C)c2c(N)c(C(=O)OC(C(=O)N3CCOCC3)C(C)C)sc2n1. The van der Waals surface area contributed by atoms with Crippen LogP contribution >= 0.6 is 11.3 Å². The van der Waals surface area contributed by atoms with Crippen LogP contribution in [0.3, 0.4) is 0 Å². The molecule has 1 saturated heterocycles. The summed E-state index contributed by atoms with van der Waals surface area (Å²) in [7, 11) is 0. The number of nitrogens with two attached hydrogens (primary N) is 1. The summed E-state index contributed by atoms with van der Waals surface area (Å²) < 4.78 is 10.9. The average molecular weight is 391 g/mol. The number of thiophene rings is 1. The zero-order valence-electron chi connectivity index (χ0n) is 16.1. The van der Waals surface area contributed by atoms with E-state index in [2.05, 4.69) is 4.98 Å². The summed E-state index contributed by atoms with van der Waals surface area (Å²) in [6.45, 7) is 9.57. The van der Waals surface area contributed by atoms with Gasteiger partial charge in [0.2, 0.25) is 0 Å². The van der Waals surface area contributed by atoms with E-state index in [1.807, 2.05) is 33.8 Å². The minimum absolute atomic E-state index is 0.151. The van der Waals surface area contributed by atoms with Gasteiger partial charge < -0.3 is 20.1 Å². The number of pyridine rings is 1. The first-order valence-electron chi connectivity index (χ1n) is 9.03. The second-order valence-corrected chi connectivity index (χ2v) is 8.11. The van der Waals surface area contributed by atoms with E-state index in [4.69, 9.17) is 15.2 Å². The van der Waals surface area contributed by atoms with Crippen LogP contribution in [0.4, 0.5) is 5.69 Å². The van der Waals surface area contributed by atoms with Crippen LogP contribution in [0, 0.1) is 19.8 Å². The van der Waals surface area contributed by atoms with Crippen molar-refractivity contribution >= 4 is 39.1 Å². The van der Waals surface area contributed by atoms with Crippen molar-refractivity contribution in [1.29, 1.82) is 0 Å². The monoisotopic (exact) mass is 391 g/mol. The van der Waals surface area contributed by atoms with Crippen LogP contribution in [-0.2, 0) is 14.3 Å². The van der Waals surface area contributed by atoms with Gasteiger partial charge in [-0.25, -0.2) is 9.78 Å². The van der Waals surface area contributed by atoms with E-state index in [-0.39, 0.29) is 11.8 Å². The Morgan fingerprint density at radius 3 is 2.59 bits per heavy atom. The molecule has 8 heteroatoms. The quantitative estimate of drug-likeness (QED) is 0.805. The lowest BCUT2D eigenvalue weighted by molar-refractivity contribution is -0.147. The number of aromatic nitrogens is 1. The molecule has 0 saturated carbocycles. The van der Waals surface area contributed by atoms with Gasteiger partial charge in [-0.1, -0.05) is 13.8 Å². The molecule has 1 atom stereocenters. The Labute approximate surface area is 162 Å². The van der Waals surface area contributed by atoms with Gasteiger partial charge in [-0.3, -0.25) is 4.79 Å². The highest BCUT2D eigenvalue weighted by Gasteiger charge is 2.33. The topological polar surface area (TPSA) is 94.8 Å². The highest BCUT2D eigenvalue weighted by atomic mass is 32.1. The minimum Gasteiger partial charge on any atom is -0.448 e. The number of nitrogen functional groups attached to an aromatic ring is 1. The fourth-order valence-corrected chi connectivity index (χ4v) is 4.32. The highest BCUT2D eigenvalue weighted by Crippen LogP contribution is 2.35. The van der Waals surface area contributed by atoms with E-state index in [0.717, 1.165) is 16.6 Å². The minimum atomic E-state index is -0.851. The van der Waals surface area contributed by atoms with Crippen LogP contribution < -0.4 is 5.73 Å². The Morgan fingerprint density at radius 2 is 1.96 bits per heavy atom. The van der Waals surface area contributed by atoms with Gasteiger partial charge in [0.05, 0.1) is 18.9 Å². The smallest absolute Gasteiger partial charge is 0.351 e. The van der Waals surface area contributed by atoms with Crippen molar-refractivity contribution in [3.05, 3.63) is 22.2 Å². The van der Waals surface area contributed by atoms with Crippen LogP contribution in [0.5, 0.6) is 0 Å². The third kappa shape index (κ3) is 3.91. The molecule has 1 amide bonds. The molecule has 0 bridgehead atoms. The van der Waals surface area contributed by atoms with Crippen molar-refractivity contribution in [3.8, 4) is 0 Å². The maximum atomic E-state index is 12.8. The summed E-state index contributed by atoms with van der Waals surface area (Å²) >= 11 is 1.21. The number of aryl methyl sites for hydroxylation is 2. The predicted molar refractivity (Wildman–Crippen MR) is 105 cm³/mol. The van der Waals surface area contributed by atoms with Crippen molar-refractivity contribution in [3.63, 3.8) is 0 Å². The maximum Gasteiger partial charge on any atom is 0.351 e. The number of amides is 1. The van der Waals surface area contributed by atoms with Crippen LogP contribution in [0.2, 0.25) is 0 Å². The fraction of sp³-hybridized carbons (Fsp3) is 0.526. The molecule has 1 aliphatic heterocycles. The van der Waals surface area contributed by atoms with Gasteiger partial charge in [-0.15, -0.1) is 11.3 Å². The van der Waals surface area contributed by atoms with Crippen molar-refractivity contribution < 1.29 is 19.1 Å². The Hall–Kier alpha value is -2.19. The van der Waals surface area contributed by atoms with Gasteiger partial charge in [0.25, 0.3) is 5.91 Å². The lowest BCUT2D eigenvalue weighted by Crippen LogP contribution is -2.48. The Kier molecular flexibility index (Phi) is 5.67. The first-order chi connectivity index (χ1) is 12.8. The fourth-order valence-electron chi connectivity index (χ4n) is 3.22. The number of anilines is 1. The summed E-state index contributed by atoms with van der Waals surface area (Å²) in [4.78, 5) is 32.8. The van der Waals surface area contributed by atoms with Gasteiger partial charge in [0, 0.05) is 24.2 Å². The molecule has 27 heavy (non-hydrogen) atoms. The number of esters is 1. The van der Waals surface area contributed by atoms with Crippen molar-refractivity contribution in [1.82, 2.24) is 9.88 Å². The molecule has 2 aromatic heterocycles. The molecule has 1 aliphatic rings. The van der Waals surface area contributed by atoms with Crippen LogP contribution in [0.1, 0.15) is 34.8 Å². The number of nitrogens with zero attached hydrogens (tertiary/aromatic N) is 2. The van der Waals surface area contributed by atoms with Gasteiger partial charge in [0.15, 0.2) is 6.10 Å². The number of ether oxygens (including phenoxy) is 2. The molecule has 2 aromatic rings. The predicted octanol–water partition coefficient (Wildman–Crippen LogP) is 2.54. The third-order valence-corrected chi connectivity index (χ3v) is 5.69. The van der Waals surface area contributed by atoms with Crippen LogP contribution in [-0.4, -0.2) is 54.2 Å². The van der Waals surface area contributed by atoms with Crippen molar-refractivity contribution in [2.75, 3.05) is 32.0 Å². The first kappa shape index (κ1) is 19.6. The normalized spacial score (nSPS) is 16.0. The Bertz CT molecular complexity index is 871. The van der Waals surface area contributed by atoms with Gasteiger partial charge in [-0.2, -0.15) is 0 Å². The van der Waals surface area contributed by atoms with E-state index in [0.29, 0.717) is 41.7 Å². The van der Waals surface area contributed by atoms with Crippen LogP contribution in [0.25, 0.3) is 10.2 Å². The largest absolute Gasteiger partial charge is 0.448 e. The van der Waals surface area contributed by atoms with Gasteiger partial charge in [-0.05, 0) is 31.4 Å². The number of hydrogen-bond donors (Lipinski definition) is 1. The van der Waals surface area contributed by atoms with Crippen molar-refractivity contribution in [2.45, 2.75) is 33.8 Å². The zero-order valence-corrected chi connectivity index (χ0v) is 16.9. The molecule has 0 spiro atoms. The standard InChI is InChI=1S/C19H25N3O4S/c1-10(2)15(18(23)22-5-7-25-8-6-22)26-19(24)16-14(20)13-11(3)9-12(4)21-17(13)27-16/h9-10,15H,5-8,20H2,1-4H3. The van der Waals surface area contributed by atoms with E-state index in [1.54, 1.807) is 4.90 Å². The van der Waals surface area contributed by atoms with Crippen LogP contribution in [0.15, 0.2) is 6.07 Å². The molecule has 1 unspecified atom stereocenters. The number of carbonyl (C=O) groups excluding carboxylic acids is 2. The summed E-state index contributed by atoms with van der Waals surface area (Å²) in [5.41, 5.74) is 8.42. The molecule has 2 N–H and O–H groups in total. The summed E-state index contributed by atoms with van der Waals surface area (Å²) in [6.07, 6.45) is -0.851. The Morgan fingerprint density at radius 1 is 1.30 bits per heavy atom. The van der Waals surface area contributed by atoms with E-state index >= 15 is 0 Å². The second-order valence-electron chi connectivity index (χ2n) is 7.11. The number of carbonyl (C=O) groups is 2. The molecule has 3 heterocycles. The summed E-state index contributed by atoms with van der Waals surface area (Å²) in [5, 5.41) is 0.776. The van der Waals surface area contributed by atoms with Gasteiger partial charge >= 0.3 is 5.97 Å². The third-order valence-electron chi connectivity index (χ3n) is 4.62. The first-order valence-corrected chi connectivity index (χ1v) is 9.85. The molecular weight excluding hydrogens is 366 g/mol. The zero-order chi connectivity index (χ0) is 19.7. The molecule has 146 valence electrons. The number of fused-ring (bicyclic) bond motifs is 1. The Balaban J connectivity index is 1.86. The average Bonchev–Trinajstić information content (AvgIpc) is 2.96. The number of morpholine rings is 1. The highest BCUT2D eigenvalue weighted by molar-refractivity contribution is 7.21. The van der Waals surface area contributed by atoms with E-state index in [1.165, 1.54) is 11.3 Å². The number of rotatable bonds is 4. The molecular formula is C19H25N3O4S. The second kappa shape index (κ2) is 7.82. The molecule has 0 radical (unpaired) electrons. The van der Waals surface area contributed by atoms with E-state index in [9.17, 15) is 9.59 Å². The lowest BCUT2D eigenvalue weighted by atomic mass is 10.1. The number of hydrogen-bond acceptors (Lipinski definition) is 7. The van der Waals surface area contributed by atoms with E-state index < -0.39 is 12.1 Å². The van der Waals surface area contributed by atoms with Crippen molar-refractivity contribution in [2.24, 2.45) is 5.92 Å². The molecule has 0 aliphatic carbocycles.